The lowest BCUT2D eigenvalue weighted by Crippen LogP contribution is -2.32. The van der Waals surface area contributed by atoms with Crippen molar-refractivity contribution in [3.8, 4) is 0 Å². The third kappa shape index (κ3) is 2.22. The van der Waals surface area contributed by atoms with E-state index in [0.29, 0.717) is 4.88 Å². The molecule has 1 aliphatic rings. The molecule has 5 heteroatoms. The zero-order valence-corrected chi connectivity index (χ0v) is 9.65. The maximum absolute atomic E-state index is 11.5. The van der Waals surface area contributed by atoms with E-state index in [1.54, 1.807) is 12.1 Å². The summed E-state index contributed by atoms with van der Waals surface area (Å²) in [4.78, 5) is 23.3. The maximum Gasteiger partial charge on any atom is 0.293 e. The fraction of sp³-hybridized carbons (Fsp3) is 0.333. The van der Waals surface area contributed by atoms with Crippen LogP contribution < -0.4 is 5.32 Å². The summed E-state index contributed by atoms with van der Waals surface area (Å²) in [6.45, 7) is 0. The van der Waals surface area contributed by atoms with Gasteiger partial charge in [0.25, 0.3) is 11.7 Å². The Balaban J connectivity index is 2.03. The van der Waals surface area contributed by atoms with Gasteiger partial charge < -0.3 is 5.32 Å². The second kappa shape index (κ2) is 3.82. The van der Waals surface area contributed by atoms with Crippen molar-refractivity contribution in [1.29, 1.82) is 0 Å². The standard InChI is InChI=1S/C9H8BrNO2S/c10-7-4-3-6(14-7)8(12)9(13)11-5-1-2-5/h3-5H,1-2H2,(H,11,13). The van der Waals surface area contributed by atoms with E-state index in [1.807, 2.05) is 0 Å². The molecule has 1 aliphatic carbocycles. The molecule has 0 unspecified atom stereocenters. The lowest BCUT2D eigenvalue weighted by molar-refractivity contribution is -0.117. The first-order valence-electron chi connectivity index (χ1n) is 4.27. The van der Waals surface area contributed by atoms with Crippen LogP contribution in [-0.4, -0.2) is 17.7 Å². The molecular formula is C9H8BrNO2S. The monoisotopic (exact) mass is 273 g/mol. The molecule has 1 N–H and O–H groups in total. The van der Waals surface area contributed by atoms with E-state index in [-0.39, 0.29) is 6.04 Å². The van der Waals surface area contributed by atoms with E-state index in [2.05, 4.69) is 21.2 Å². The molecule has 0 aliphatic heterocycles. The Morgan fingerprint density at radius 2 is 2.14 bits per heavy atom. The molecule has 1 aromatic heterocycles. The zero-order chi connectivity index (χ0) is 10.1. The highest BCUT2D eigenvalue weighted by Crippen LogP contribution is 2.23. The van der Waals surface area contributed by atoms with Crippen molar-refractivity contribution in [2.45, 2.75) is 18.9 Å². The number of thiophene rings is 1. The topological polar surface area (TPSA) is 46.2 Å². The molecule has 1 heterocycles. The summed E-state index contributed by atoms with van der Waals surface area (Å²) in [6.07, 6.45) is 1.99. The van der Waals surface area contributed by atoms with Crippen LogP contribution in [0.4, 0.5) is 0 Å². The summed E-state index contributed by atoms with van der Waals surface area (Å²) in [5.74, 6) is -0.922. The molecule has 0 saturated heterocycles. The second-order valence-corrected chi connectivity index (χ2v) is 5.64. The number of Topliss-reactive ketones (excluding diaryl/α,β-unsaturated/α-hetero) is 1. The molecule has 0 bridgehead atoms. The summed E-state index contributed by atoms with van der Waals surface area (Å²) >= 11 is 4.53. The first-order chi connectivity index (χ1) is 6.66. The van der Waals surface area contributed by atoms with Crippen LogP contribution in [0.25, 0.3) is 0 Å². The molecule has 14 heavy (non-hydrogen) atoms. The fourth-order valence-electron chi connectivity index (χ4n) is 1.03. The van der Waals surface area contributed by atoms with E-state index in [1.165, 1.54) is 11.3 Å². The van der Waals surface area contributed by atoms with Crippen molar-refractivity contribution < 1.29 is 9.59 Å². The van der Waals surface area contributed by atoms with Gasteiger partial charge in [0.05, 0.1) is 8.66 Å². The first-order valence-corrected chi connectivity index (χ1v) is 5.88. The third-order valence-electron chi connectivity index (χ3n) is 1.92. The van der Waals surface area contributed by atoms with Gasteiger partial charge in [-0.3, -0.25) is 9.59 Å². The van der Waals surface area contributed by atoms with E-state index in [9.17, 15) is 9.59 Å². The lowest BCUT2D eigenvalue weighted by Gasteiger charge is -1.98. The fourth-order valence-corrected chi connectivity index (χ4v) is 2.35. The number of rotatable bonds is 3. The number of hydrogen-bond acceptors (Lipinski definition) is 3. The molecule has 1 aromatic rings. The Morgan fingerprint density at radius 3 is 2.64 bits per heavy atom. The van der Waals surface area contributed by atoms with Crippen LogP contribution in [0.1, 0.15) is 22.5 Å². The van der Waals surface area contributed by atoms with Crippen LogP contribution in [0.2, 0.25) is 0 Å². The minimum atomic E-state index is -0.484. The average Bonchev–Trinajstić information content (AvgIpc) is 2.85. The lowest BCUT2D eigenvalue weighted by atomic mass is 10.3. The summed E-state index contributed by atoms with van der Waals surface area (Å²) in [5.41, 5.74) is 0. The van der Waals surface area contributed by atoms with Gasteiger partial charge in [0, 0.05) is 6.04 Å². The SMILES string of the molecule is O=C(NC1CC1)C(=O)c1ccc(Br)s1. The number of carbonyl (C=O) groups excluding carboxylic acids is 2. The van der Waals surface area contributed by atoms with Crippen molar-refractivity contribution in [1.82, 2.24) is 5.32 Å². The molecule has 0 radical (unpaired) electrons. The number of ketones is 1. The van der Waals surface area contributed by atoms with E-state index >= 15 is 0 Å². The van der Waals surface area contributed by atoms with Crippen molar-refractivity contribution in [3.05, 3.63) is 20.8 Å². The van der Waals surface area contributed by atoms with Gasteiger partial charge in [0.1, 0.15) is 0 Å². The Hall–Kier alpha value is -0.680. The largest absolute Gasteiger partial charge is 0.346 e. The van der Waals surface area contributed by atoms with Gasteiger partial charge >= 0.3 is 0 Å². The van der Waals surface area contributed by atoms with Crippen LogP contribution in [-0.2, 0) is 4.79 Å². The predicted octanol–water partition coefficient (Wildman–Crippen LogP) is 1.97. The smallest absolute Gasteiger partial charge is 0.293 e. The highest BCUT2D eigenvalue weighted by Gasteiger charge is 2.27. The van der Waals surface area contributed by atoms with Crippen molar-refractivity contribution in [2.75, 3.05) is 0 Å². The van der Waals surface area contributed by atoms with E-state index in [0.717, 1.165) is 16.6 Å². The zero-order valence-electron chi connectivity index (χ0n) is 7.25. The van der Waals surface area contributed by atoms with Gasteiger partial charge in [0.2, 0.25) is 0 Å². The van der Waals surface area contributed by atoms with Crippen molar-refractivity contribution in [2.24, 2.45) is 0 Å². The molecule has 1 amide bonds. The number of amides is 1. The van der Waals surface area contributed by atoms with Crippen molar-refractivity contribution >= 4 is 39.0 Å². The van der Waals surface area contributed by atoms with Crippen molar-refractivity contribution in [3.63, 3.8) is 0 Å². The molecule has 0 atom stereocenters. The molecular weight excluding hydrogens is 266 g/mol. The van der Waals surface area contributed by atoms with Gasteiger partial charge in [-0.1, -0.05) is 0 Å². The molecule has 3 nitrogen and oxygen atoms in total. The molecule has 0 spiro atoms. The Kier molecular flexibility index (Phi) is 2.69. The van der Waals surface area contributed by atoms with E-state index in [4.69, 9.17) is 0 Å². The van der Waals surface area contributed by atoms with Gasteiger partial charge in [-0.25, -0.2) is 0 Å². The van der Waals surface area contributed by atoms with Crippen LogP contribution in [0, 0.1) is 0 Å². The quantitative estimate of drug-likeness (QED) is 0.676. The Morgan fingerprint density at radius 1 is 1.43 bits per heavy atom. The highest BCUT2D eigenvalue weighted by atomic mass is 79.9. The van der Waals surface area contributed by atoms with Crippen LogP contribution >= 0.6 is 27.3 Å². The summed E-state index contributed by atoms with van der Waals surface area (Å²) in [5, 5.41) is 2.66. The first kappa shape index (κ1) is 9.86. The second-order valence-electron chi connectivity index (χ2n) is 3.18. The van der Waals surface area contributed by atoms with Crippen LogP contribution in [0.15, 0.2) is 15.9 Å². The maximum atomic E-state index is 11.5. The number of carbonyl (C=O) groups is 2. The molecule has 1 saturated carbocycles. The minimum Gasteiger partial charge on any atom is -0.346 e. The number of hydrogen-bond donors (Lipinski definition) is 1. The number of nitrogens with one attached hydrogen (secondary N) is 1. The van der Waals surface area contributed by atoms with E-state index < -0.39 is 11.7 Å². The predicted molar refractivity (Wildman–Crippen MR) is 57.5 cm³/mol. The van der Waals surface area contributed by atoms with Crippen LogP contribution in [0.5, 0.6) is 0 Å². The third-order valence-corrected chi connectivity index (χ3v) is 3.54. The normalized spacial score (nSPS) is 15.2. The molecule has 2 rings (SSSR count). The summed E-state index contributed by atoms with van der Waals surface area (Å²) < 4.78 is 0.861. The van der Waals surface area contributed by atoms with Crippen LogP contribution in [0.3, 0.4) is 0 Å². The van der Waals surface area contributed by atoms with Gasteiger partial charge in [0.15, 0.2) is 0 Å². The summed E-state index contributed by atoms with van der Waals surface area (Å²) in [6, 6.07) is 3.65. The molecule has 0 aromatic carbocycles. The minimum absolute atomic E-state index is 0.231. The Labute approximate surface area is 93.6 Å². The van der Waals surface area contributed by atoms with Gasteiger partial charge in [-0.2, -0.15) is 0 Å². The number of halogens is 1. The van der Waals surface area contributed by atoms with Gasteiger partial charge in [-0.05, 0) is 40.9 Å². The van der Waals surface area contributed by atoms with Gasteiger partial charge in [-0.15, -0.1) is 11.3 Å². The highest BCUT2D eigenvalue weighted by molar-refractivity contribution is 9.11. The average molecular weight is 274 g/mol. The molecule has 1 fully saturated rings. The summed E-state index contributed by atoms with van der Waals surface area (Å²) in [7, 11) is 0. The Bertz CT molecular complexity index is 384. The molecule has 74 valence electrons.